The maximum absolute atomic E-state index is 13.6. The van der Waals surface area contributed by atoms with E-state index in [1.165, 1.54) is 7.11 Å². The molecule has 0 fully saturated rings. The van der Waals surface area contributed by atoms with Crippen LogP contribution in [-0.4, -0.2) is 26.0 Å². The Bertz CT molecular complexity index is 1510. The number of methoxy groups -OCH3 is 2. The molecule has 0 saturated heterocycles. The minimum Gasteiger partial charge on any atom is -0.493 e. The average Bonchev–Trinajstić information content (AvgIpc) is 3.18. The first-order chi connectivity index (χ1) is 17.8. The van der Waals surface area contributed by atoms with Crippen molar-refractivity contribution >= 4 is 45.0 Å². The van der Waals surface area contributed by atoms with Gasteiger partial charge in [-0.05, 0) is 46.6 Å². The highest BCUT2D eigenvalue weighted by Gasteiger charge is 2.43. The Morgan fingerprint density at radius 2 is 1.76 bits per heavy atom. The molecule has 1 atom stereocenters. The van der Waals surface area contributed by atoms with Gasteiger partial charge < -0.3 is 19.5 Å². The molecular formula is C29H23BrClNO5. The molecule has 0 saturated carbocycles. The van der Waals surface area contributed by atoms with Crippen molar-refractivity contribution < 1.29 is 23.8 Å². The fraction of sp³-hybridized carbons (Fsp3) is 0.172. The number of Topliss-reactive ketones (excluding diaryl/α,β-unsaturated/α-hetero) is 1. The maximum Gasteiger partial charge on any atom is 0.336 e. The Labute approximate surface area is 228 Å². The number of halogens is 2. The zero-order valence-corrected chi connectivity index (χ0v) is 22.7. The third-order valence-electron chi connectivity index (χ3n) is 6.57. The van der Waals surface area contributed by atoms with E-state index in [0.29, 0.717) is 54.7 Å². The smallest absolute Gasteiger partial charge is 0.336 e. The van der Waals surface area contributed by atoms with Crippen LogP contribution in [0.15, 0.2) is 82.0 Å². The Morgan fingerprint density at radius 1 is 1.05 bits per heavy atom. The zero-order valence-electron chi connectivity index (χ0n) is 20.4. The second kappa shape index (κ2) is 10.1. The van der Waals surface area contributed by atoms with Crippen molar-refractivity contribution in [2.45, 2.75) is 19.4 Å². The van der Waals surface area contributed by atoms with Crippen LogP contribution in [0, 0.1) is 0 Å². The molecule has 5 rings (SSSR count). The fourth-order valence-corrected chi connectivity index (χ4v) is 5.62. The number of nitrogens with one attached hydrogen (secondary N) is 1. The summed E-state index contributed by atoms with van der Waals surface area (Å²) in [6, 6.07) is 18.5. The van der Waals surface area contributed by atoms with Gasteiger partial charge in [-0.3, -0.25) is 4.79 Å². The number of fused-ring (bicyclic) bond motifs is 2. The lowest BCUT2D eigenvalue weighted by Gasteiger charge is -2.29. The number of carbonyl (C=O) groups is 2. The number of benzene rings is 3. The Hall–Kier alpha value is -3.55. The SMILES string of the molecule is COC(=O)C1=C(C)NC2=C(C(=O)c3ccccc32)[C@H]1c1cc(Br)c(OCc2ccccc2Cl)c(OC)c1. The number of carbonyl (C=O) groups excluding carboxylic acids is 2. The molecule has 2 aliphatic rings. The monoisotopic (exact) mass is 579 g/mol. The molecule has 0 spiro atoms. The average molecular weight is 581 g/mol. The first-order valence-electron chi connectivity index (χ1n) is 11.5. The van der Waals surface area contributed by atoms with Crippen molar-refractivity contribution in [3.05, 3.63) is 109 Å². The van der Waals surface area contributed by atoms with Gasteiger partial charge in [0.2, 0.25) is 0 Å². The van der Waals surface area contributed by atoms with Crippen LogP contribution in [0.5, 0.6) is 11.5 Å². The molecule has 1 N–H and O–H groups in total. The summed E-state index contributed by atoms with van der Waals surface area (Å²) in [6.45, 7) is 2.04. The molecule has 8 heteroatoms. The minimum atomic E-state index is -0.675. The third kappa shape index (κ3) is 4.32. The van der Waals surface area contributed by atoms with Gasteiger partial charge in [-0.2, -0.15) is 0 Å². The molecule has 0 unspecified atom stereocenters. The number of hydrogen-bond acceptors (Lipinski definition) is 6. The molecule has 0 aromatic heterocycles. The molecule has 0 bridgehead atoms. The summed E-state index contributed by atoms with van der Waals surface area (Å²) in [5.41, 5.74) is 5.09. The van der Waals surface area contributed by atoms with Crippen LogP contribution in [0.1, 0.15) is 39.9 Å². The number of dihydropyridines is 1. The summed E-state index contributed by atoms with van der Waals surface area (Å²) in [5, 5.41) is 3.89. The summed E-state index contributed by atoms with van der Waals surface area (Å²) in [4.78, 5) is 26.6. The quantitative estimate of drug-likeness (QED) is 0.339. The first-order valence-corrected chi connectivity index (χ1v) is 12.7. The summed E-state index contributed by atoms with van der Waals surface area (Å²) >= 11 is 9.91. The number of allylic oxidation sites excluding steroid dienone is 2. The highest BCUT2D eigenvalue weighted by Crippen LogP contribution is 2.49. The molecule has 0 amide bonds. The molecule has 3 aromatic rings. The number of ketones is 1. The fourth-order valence-electron chi connectivity index (χ4n) is 4.85. The number of ether oxygens (including phenoxy) is 3. The Kier molecular flexibility index (Phi) is 6.84. The van der Waals surface area contributed by atoms with Crippen LogP contribution in [0.2, 0.25) is 5.02 Å². The number of hydrogen-bond donors (Lipinski definition) is 1. The standard InChI is InChI=1S/C29H23BrClNO5/c1-15-23(29(34)36-3)24(25-26(32-15)18-9-5-6-10-19(18)27(25)33)17-12-20(30)28(22(13-17)35-2)37-14-16-8-4-7-11-21(16)31/h4-13,24,32H,14H2,1-3H3/t24-/m0/s1. The summed E-state index contributed by atoms with van der Waals surface area (Å²) in [5.74, 6) is -0.394. The molecule has 6 nitrogen and oxygen atoms in total. The normalized spacial score (nSPS) is 16.2. The number of rotatable bonds is 6. The van der Waals surface area contributed by atoms with Gasteiger partial charge in [-0.1, -0.05) is 54.1 Å². The lowest BCUT2D eigenvalue weighted by Crippen LogP contribution is -2.29. The second-order valence-corrected chi connectivity index (χ2v) is 9.93. The predicted molar refractivity (Wildman–Crippen MR) is 145 cm³/mol. The number of esters is 1. The van der Waals surface area contributed by atoms with Crippen LogP contribution in [0.4, 0.5) is 0 Å². The van der Waals surface area contributed by atoms with Gasteiger partial charge >= 0.3 is 5.97 Å². The molecule has 0 radical (unpaired) electrons. The van der Waals surface area contributed by atoms with Crippen LogP contribution in [-0.2, 0) is 16.1 Å². The lowest BCUT2D eigenvalue weighted by atomic mass is 9.79. The Balaban J connectivity index is 1.61. The van der Waals surface area contributed by atoms with Crippen molar-refractivity contribution in [1.29, 1.82) is 0 Å². The predicted octanol–water partition coefficient (Wildman–Crippen LogP) is 6.43. The highest BCUT2D eigenvalue weighted by molar-refractivity contribution is 9.10. The van der Waals surface area contributed by atoms with Crippen molar-refractivity contribution in [1.82, 2.24) is 5.32 Å². The van der Waals surface area contributed by atoms with Gasteiger partial charge in [0, 0.05) is 38.9 Å². The van der Waals surface area contributed by atoms with Crippen molar-refractivity contribution in [3.8, 4) is 11.5 Å². The molecule has 1 aliphatic carbocycles. The lowest BCUT2D eigenvalue weighted by molar-refractivity contribution is -0.136. The van der Waals surface area contributed by atoms with Crippen LogP contribution >= 0.6 is 27.5 Å². The maximum atomic E-state index is 13.6. The zero-order chi connectivity index (χ0) is 26.3. The van der Waals surface area contributed by atoms with E-state index >= 15 is 0 Å². The van der Waals surface area contributed by atoms with E-state index in [2.05, 4.69) is 21.2 Å². The minimum absolute atomic E-state index is 0.133. The van der Waals surface area contributed by atoms with E-state index in [-0.39, 0.29) is 12.4 Å². The van der Waals surface area contributed by atoms with Gasteiger partial charge in [0.1, 0.15) is 6.61 Å². The molecule has 188 valence electrons. The summed E-state index contributed by atoms with van der Waals surface area (Å²) < 4.78 is 17.5. The third-order valence-corrected chi connectivity index (χ3v) is 7.53. The van der Waals surface area contributed by atoms with Crippen molar-refractivity contribution in [2.24, 2.45) is 0 Å². The largest absolute Gasteiger partial charge is 0.493 e. The van der Waals surface area contributed by atoms with Gasteiger partial charge in [0.15, 0.2) is 17.3 Å². The highest BCUT2D eigenvalue weighted by atomic mass is 79.9. The van der Waals surface area contributed by atoms with Gasteiger partial charge in [0.05, 0.1) is 30.0 Å². The van der Waals surface area contributed by atoms with Crippen LogP contribution in [0.25, 0.3) is 5.70 Å². The van der Waals surface area contributed by atoms with Gasteiger partial charge in [-0.15, -0.1) is 0 Å². The van der Waals surface area contributed by atoms with E-state index in [9.17, 15) is 9.59 Å². The summed E-state index contributed by atoms with van der Waals surface area (Å²) in [6.07, 6.45) is 0. The molecule has 1 heterocycles. The molecule has 37 heavy (non-hydrogen) atoms. The van der Waals surface area contributed by atoms with E-state index < -0.39 is 11.9 Å². The van der Waals surface area contributed by atoms with Gasteiger partial charge in [0.25, 0.3) is 0 Å². The summed E-state index contributed by atoms with van der Waals surface area (Å²) in [7, 11) is 2.87. The topological polar surface area (TPSA) is 73.9 Å². The molecular weight excluding hydrogens is 558 g/mol. The second-order valence-electron chi connectivity index (χ2n) is 8.67. The van der Waals surface area contributed by atoms with Crippen molar-refractivity contribution in [2.75, 3.05) is 14.2 Å². The first kappa shape index (κ1) is 25.1. The van der Waals surface area contributed by atoms with E-state index in [1.807, 2.05) is 49.4 Å². The van der Waals surface area contributed by atoms with Crippen molar-refractivity contribution in [3.63, 3.8) is 0 Å². The van der Waals surface area contributed by atoms with Crippen LogP contribution in [0.3, 0.4) is 0 Å². The molecule has 3 aromatic carbocycles. The molecule has 1 aliphatic heterocycles. The Morgan fingerprint density at radius 3 is 2.46 bits per heavy atom. The van der Waals surface area contributed by atoms with Gasteiger partial charge in [-0.25, -0.2) is 4.79 Å². The van der Waals surface area contributed by atoms with E-state index in [4.69, 9.17) is 25.8 Å². The van der Waals surface area contributed by atoms with E-state index in [1.54, 1.807) is 25.3 Å². The van der Waals surface area contributed by atoms with Crippen LogP contribution < -0.4 is 14.8 Å². The van der Waals surface area contributed by atoms with E-state index in [0.717, 1.165) is 11.1 Å².